The smallest absolute Gasteiger partial charge is 0.475 e. The lowest BCUT2D eigenvalue weighted by Crippen LogP contribution is -2.41. The Balaban J connectivity index is 0.000000517. The number of H-pyrrole nitrogens is 1. The fraction of sp³-hybridized carbons (Fsp3) is 0.310. The summed E-state index contributed by atoms with van der Waals surface area (Å²) in [6, 6.07) is 13.8. The molecule has 0 spiro atoms. The number of rotatable bonds is 7. The summed E-state index contributed by atoms with van der Waals surface area (Å²) in [7, 11) is 0. The Kier molecular flexibility index (Phi) is 10.1. The lowest BCUT2D eigenvalue weighted by Gasteiger charge is -2.26. The summed E-state index contributed by atoms with van der Waals surface area (Å²) < 4.78 is 37.1. The van der Waals surface area contributed by atoms with Crippen molar-refractivity contribution in [2.24, 2.45) is 0 Å². The van der Waals surface area contributed by atoms with Gasteiger partial charge in [0.2, 0.25) is 5.91 Å². The second-order valence-corrected chi connectivity index (χ2v) is 9.52. The van der Waals surface area contributed by atoms with Crippen LogP contribution in [0.3, 0.4) is 0 Å². The van der Waals surface area contributed by atoms with E-state index in [1.165, 1.54) is 0 Å². The van der Waals surface area contributed by atoms with Crippen LogP contribution >= 0.6 is 0 Å². The van der Waals surface area contributed by atoms with Gasteiger partial charge in [0.15, 0.2) is 0 Å². The largest absolute Gasteiger partial charge is 0.490 e. The Morgan fingerprint density at radius 1 is 1.12 bits per heavy atom. The monoisotopic (exact) mass is 585 g/mol. The highest BCUT2D eigenvalue weighted by Gasteiger charge is 2.38. The van der Waals surface area contributed by atoms with Crippen molar-refractivity contribution in [2.45, 2.75) is 12.6 Å². The Hall–Kier alpha value is -4.49. The van der Waals surface area contributed by atoms with Gasteiger partial charge in [0.05, 0.1) is 24.5 Å². The number of pyridine rings is 1. The number of halogens is 3. The molecular weight excluding hydrogens is 555 g/mol. The Labute approximate surface area is 239 Å². The summed E-state index contributed by atoms with van der Waals surface area (Å²) in [6.07, 6.45) is 0.870. The number of carboxylic acid groups (broad SMARTS) is 1. The number of hydrogen-bond donors (Lipinski definition) is 4. The summed E-state index contributed by atoms with van der Waals surface area (Å²) in [6.45, 7) is 5.43. The first-order valence-corrected chi connectivity index (χ1v) is 13.2. The molecule has 4 heterocycles. The van der Waals surface area contributed by atoms with Crippen molar-refractivity contribution >= 4 is 23.9 Å². The molecule has 2 aromatic heterocycles. The third kappa shape index (κ3) is 8.51. The zero-order chi connectivity index (χ0) is 30.1. The van der Waals surface area contributed by atoms with Crippen LogP contribution in [-0.4, -0.2) is 89.9 Å². The summed E-state index contributed by atoms with van der Waals surface area (Å²) in [4.78, 5) is 43.5. The normalized spacial score (nSPS) is 15.4. The van der Waals surface area contributed by atoms with Gasteiger partial charge >= 0.3 is 12.1 Å². The number of alkyl halides is 3. The van der Waals surface area contributed by atoms with E-state index in [0.29, 0.717) is 18.7 Å². The van der Waals surface area contributed by atoms with E-state index in [1.807, 2.05) is 48.5 Å². The van der Waals surface area contributed by atoms with Crippen LogP contribution in [-0.2, 0) is 20.7 Å². The average Bonchev–Trinajstić information content (AvgIpc) is 3.43. The number of aromatic amines is 1. The van der Waals surface area contributed by atoms with E-state index in [1.54, 1.807) is 12.3 Å². The fourth-order valence-electron chi connectivity index (χ4n) is 4.40. The number of nitrogens with zero attached hydrogens (tertiary/aromatic N) is 2. The van der Waals surface area contributed by atoms with Gasteiger partial charge < -0.3 is 25.5 Å². The minimum absolute atomic E-state index is 0.0346. The second kappa shape index (κ2) is 13.9. The Morgan fingerprint density at radius 3 is 2.60 bits per heavy atom. The van der Waals surface area contributed by atoms with Gasteiger partial charge in [-0.1, -0.05) is 18.2 Å². The molecule has 222 valence electrons. The topological polar surface area (TPSA) is 137 Å². The molecule has 42 heavy (non-hydrogen) atoms. The Morgan fingerprint density at radius 2 is 1.88 bits per heavy atom. The minimum Gasteiger partial charge on any atom is -0.475 e. The highest BCUT2D eigenvalue weighted by molar-refractivity contribution is 5.98. The number of aliphatic carboxylic acids is 1. The molecule has 0 atom stereocenters. The van der Waals surface area contributed by atoms with E-state index in [4.69, 9.17) is 14.6 Å². The van der Waals surface area contributed by atoms with Gasteiger partial charge in [0.1, 0.15) is 0 Å². The molecule has 3 aromatic rings. The maximum Gasteiger partial charge on any atom is 0.490 e. The van der Waals surface area contributed by atoms with Gasteiger partial charge in [0, 0.05) is 73.9 Å². The molecule has 1 aromatic carbocycles. The van der Waals surface area contributed by atoms with Crippen LogP contribution in [0.25, 0.3) is 28.6 Å². The van der Waals surface area contributed by atoms with E-state index >= 15 is 0 Å². The van der Waals surface area contributed by atoms with E-state index < -0.39 is 12.1 Å². The predicted molar refractivity (Wildman–Crippen MR) is 148 cm³/mol. The number of hydrogen-bond acceptors (Lipinski definition) is 6. The van der Waals surface area contributed by atoms with Crippen molar-refractivity contribution in [3.8, 4) is 22.5 Å². The molecule has 2 aliphatic heterocycles. The molecule has 4 N–H and O–H groups in total. The molecule has 2 aliphatic rings. The minimum atomic E-state index is -5.08. The van der Waals surface area contributed by atoms with Crippen LogP contribution in [0.4, 0.5) is 13.2 Å². The SMILES string of the molecule is O=C(/C=C/c1cccc(-c2cc(-c3cc4c([nH]3)CCNC4=O)ccn2)c1)NCCN1CCOCC1.O=C(O)C(F)(F)F. The molecule has 1 saturated heterocycles. The third-order valence-electron chi connectivity index (χ3n) is 6.56. The number of carbonyl (C=O) groups excluding carboxylic acids is 2. The Bertz CT molecular complexity index is 1450. The molecule has 0 unspecified atom stereocenters. The molecule has 13 heteroatoms. The van der Waals surface area contributed by atoms with Gasteiger partial charge in [-0.25, -0.2) is 4.79 Å². The van der Waals surface area contributed by atoms with Crippen molar-refractivity contribution < 1.29 is 37.4 Å². The van der Waals surface area contributed by atoms with Crippen LogP contribution in [0, 0.1) is 0 Å². The average molecular weight is 586 g/mol. The quantitative estimate of drug-likeness (QED) is 0.313. The van der Waals surface area contributed by atoms with Crippen molar-refractivity contribution in [3.63, 3.8) is 0 Å². The zero-order valence-corrected chi connectivity index (χ0v) is 22.5. The van der Waals surface area contributed by atoms with Gasteiger partial charge in [-0.2, -0.15) is 13.2 Å². The van der Waals surface area contributed by atoms with Crippen LogP contribution in [0.5, 0.6) is 0 Å². The molecule has 1 fully saturated rings. The van der Waals surface area contributed by atoms with Crippen molar-refractivity contribution in [2.75, 3.05) is 45.9 Å². The highest BCUT2D eigenvalue weighted by atomic mass is 19.4. The fourth-order valence-corrected chi connectivity index (χ4v) is 4.40. The summed E-state index contributed by atoms with van der Waals surface area (Å²) in [5, 5.41) is 12.9. The van der Waals surface area contributed by atoms with Gasteiger partial charge in [-0.15, -0.1) is 0 Å². The number of amides is 2. The molecule has 5 rings (SSSR count). The molecular formula is C29H30F3N5O5. The molecule has 0 aliphatic carbocycles. The molecule has 0 radical (unpaired) electrons. The van der Waals surface area contributed by atoms with E-state index in [0.717, 1.165) is 73.0 Å². The number of ether oxygens (including phenoxy) is 1. The van der Waals surface area contributed by atoms with Gasteiger partial charge in [-0.05, 0) is 35.9 Å². The number of carboxylic acids is 1. The number of nitrogens with one attached hydrogen (secondary N) is 3. The maximum atomic E-state index is 12.2. The predicted octanol–water partition coefficient (Wildman–Crippen LogP) is 3.12. The maximum absolute atomic E-state index is 12.2. The highest BCUT2D eigenvalue weighted by Crippen LogP contribution is 2.27. The lowest BCUT2D eigenvalue weighted by molar-refractivity contribution is -0.192. The molecule has 10 nitrogen and oxygen atoms in total. The standard InChI is InChI=1S/C27H29N5O3.C2HF3O2/c33-26(29-10-11-32-12-14-35-15-13-32)5-4-19-2-1-3-20(16-19)24-17-21(6-8-28-24)25-18-22-23(31-25)7-9-30-27(22)34;3-2(4,5)1(6)7/h1-6,8,16-18,31H,7,9-15H2,(H,29,33)(H,30,34);(H,6,7)/b5-4+;. The van der Waals surface area contributed by atoms with Crippen molar-refractivity contribution in [3.05, 3.63) is 71.6 Å². The molecule has 0 saturated carbocycles. The first-order valence-electron chi connectivity index (χ1n) is 13.2. The van der Waals surface area contributed by atoms with Gasteiger partial charge in [-0.3, -0.25) is 19.5 Å². The number of aromatic nitrogens is 2. The van der Waals surface area contributed by atoms with Crippen LogP contribution < -0.4 is 10.6 Å². The summed E-state index contributed by atoms with van der Waals surface area (Å²) in [5.41, 5.74) is 6.25. The van der Waals surface area contributed by atoms with Crippen LogP contribution in [0.2, 0.25) is 0 Å². The van der Waals surface area contributed by atoms with Crippen LogP contribution in [0.1, 0.15) is 21.6 Å². The second-order valence-electron chi connectivity index (χ2n) is 9.52. The number of carbonyl (C=O) groups is 3. The van der Waals surface area contributed by atoms with E-state index in [2.05, 4.69) is 25.5 Å². The van der Waals surface area contributed by atoms with Crippen molar-refractivity contribution in [1.82, 2.24) is 25.5 Å². The third-order valence-corrected chi connectivity index (χ3v) is 6.56. The number of morpholine rings is 1. The van der Waals surface area contributed by atoms with E-state index in [-0.39, 0.29) is 11.8 Å². The molecule has 0 bridgehead atoms. The lowest BCUT2D eigenvalue weighted by atomic mass is 10.0. The number of benzene rings is 1. The first-order chi connectivity index (χ1) is 20.1. The zero-order valence-electron chi connectivity index (χ0n) is 22.5. The van der Waals surface area contributed by atoms with Crippen molar-refractivity contribution in [1.29, 1.82) is 0 Å². The summed E-state index contributed by atoms with van der Waals surface area (Å²) >= 11 is 0. The summed E-state index contributed by atoms with van der Waals surface area (Å²) in [5.74, 6) is -2.90. The molecule has 2 amide bonds. The van der Waals surface area contributed by atoms with Crippen LogP contribution in [0.15, 0.2) is 54.7 Å². The first kappa shape index (κ1) is 30.5. The van der Waals surface area contributed by atoms with E-state index in [9.17, 15) is 22.8 Å². The van der Waals surface area contributed by atoms with Gasteiger partial charge in [0.25, 0.3) is 5.91 Å². The number of fused-ring (bicyclic) bond motifs is 1.